The Hall–Kier alpha value is -1.64. The van der Waals surface area contributed by atoms with Crippen LogP contribution >= 0.6 is 0 Å². The average Bonchev–Trinajstić information content (AvgIpc) is 3.11. The van der Waals surface area contributed by atoms with Gasteiger partial charge in [0.1, 0.15) is 5.60 Å². The summed E-state index contributed by atoms with van der Waals surface area (Å²) in [7, 11) is 0. The summed E-state index contributed by atoms with van der Waals surface area (Å²) >= 11 is 0. The van der Waals surface area contributed by atoms with Gasteiger partial charge in [-0.3, -0.25) is 9.78 Å². The number of rotatable bonds is 3. The highest BCUT2D eigenvalue weighted by atomic mass is 16.5. The fourth-order valence-electron chi connectivity index (χ4n) is 1.15. The summed E-state index contributed by atoms with van der Waals surface area (Å²) in [4.78, 5) is 13.6. The molecular weight excluding hydrogens is 226 g/mol. The van der Waals surface area contributed by atoms with Crippen molar-refractivity contribution in [3.8, 4) is 0 Å². The van der Waals surface area contributed by atoms with E-state index in [1.54, 1.807) is 6.20 Å². The number of carbonyl (C=O) groups is 1. The smallest absolute Gasteiger partial charge is 0.293 e. The first kappa shape index (κ1) is 14.4. The summed E-state index contributed by atoms with van der Waals surface area (Å²) in [6.45, 7) is 5.92. The van der Waals surface area contributed by atoms with Gasteiger partial charge in [0.05, 0.1) is 0 Å². The van der Waals surface area contributed by atoms with E-state index in [9.17, 15) is 4.79 Å². The Balaban J connectivity index is 0.000000203. The SMILES string of the molecule is C(=CC1CC1)c1cccnc1.CC(C)(C)OC=O. The summed E-state index contributed by atoms with van der Waals surface area (Å²) < 4.78 is 4.55. The highest BCUT2D eigenvalue weighted by Crippen LogP contribution is 2.30. The monoisotopic (exact) mass is 247 g/mol. The molecule has 0 spiro atoms. The number of nitrogens with zero attached hydrogens (tertiary/aromatic N) is 1. The Morgan fingerprint density at radius 2 is 2.11 bits per heavy atom. The predicted molar refractivity (Wildman–Crippen MR) is 72.9 cm³/mol. The van der Waals surface area contributed by atoms with Crippen LogP contribution in [0.3, 0.4) is 0 Å². The molecule has 18 heavy (non-hydrogen) atoms. The second-order valence-corrected chi connectivity index (χ2v) is 5.31. The molecule has 0 amide bonds. The fourth-order valence-corrected chi connectivity index (χ4v) is 1.15. The number of hydrogen-bond acceptors (Lipinski definition) is 3. The summed E-state index contributed by atoms with van der Waals surface area (Å²) in [6, 6.07) is 4.04. The normalized spacial score (nSPS) is 14.8. The molecule has 0 aromatic carbocycles. The molecule has 0 unspecified atom stereocenters. The number of allylic oxidation sites excluding steroid dienone is 1. The molecule has 1 aliphatic carbocycles. The molecule has 0 aliphatic heterocycles. The van der Waals surface area contributed by atoms with Crippen LogP contribution in [0.2, 0.25) is 0 Å². The molecule has 1 saturated carbocycles. The van der Waals surface area contributed by atoms with Crippen molar-refractivity contribution in [3.05, 3.63) is 36.2 Å². The zero-order valence-electron chi connectivity index (χ0n) is 11.3. The van der Waals surface area contributed by atoms with Crippen molar-refractivity contribution in [2.45, 2.75) is 39.2 Å². The van der Waals surface area contributed by atoms with Crippen LogP contribution < -0.4 is 0 Å². The third-order valence-corrected chi connectivity index (χ3v) is 2.27. The van der Waals surface area contributed by atoms with Gasteiger partial charge < -0.3 is 4.74 Å². The second kappa shape index (κ2) is 6.94. The van der Waals surface area contributed by atoms with Crippen molar-refractivity contribution in [2.75, 3.05) is 0 Å². The number of pyridine rings is 1. The van der Waals surface area contributed by atoms with Gasteiger partial charge in [-0.25, -0.2) is 0 Å². The maximum absolute atomic E-state index is 9.60. The van der Waals surface area contributed by atoms with Crippen LogP contribution in [-0.4, -0.2) is 17.1 Å². The van der Waals surface area contributed by atoms with Crippen molar-refractivity contribution in [1.82, 2.24) is 4.98 Å². The average molecular weight is 247 g/mol. The lowest BCUT2D eigenvalue weighted by atomic mass is 10.2. The Bertz CT molecular complexity index is 375. The standard InChI is InChI=1S/C10H11N.C5H10O2/c1-2-10(8-11-7-1)6-5-9-3-4-9;1-5(2,3)7-4-6/h1-2,5-9H,3-4H2;4H,1-3H3. The molecule has 3 heteroatoms. The van der Waals surface area contributed by atoms with E-state index in [2.05, 4.69) is 27.9 Å². The Morgan fingerprint density at radius 1 is 1.39 bits per heavy atom. The predicted octanol–water partition coefficient (Wildman–Crippen LogP) is 3.46. The molecule has 0 saturated heterocycles. The van der Waals surface area contributed by atoms with Crippen LogP contribution in [-0.2, 0) is 9.53 Å². The molecule has 3 nitrogen and oxygen atoms in total. The molecule has 2 rings (SSSR count). The quantitative estimate of drug-likeness (QED) is 0.768. The summed E-state index contributed by atoms with van der Waals surface area (Å²) in [5.41, 5.74) is 0.890. The zero-order valence-corrected chi connectivity index (χ0v) is 11.3. The van der Waals surface area contributed by atoms with Gasteiger partial charge >= 0.3 is 0 Å². The van der Waals surface area contributed by atoms with Crippen molar-refractivity contribution in [1.29, 1.82) is 0 Å². The van der Waals surface area contributed by atoms with Gasteiger partial charge in [0.25, 0.3) is 6.47 Å². The van der Waals surface area contributed by atoms with Crippen LogP contribution in [0.25, 0.3) is 6.08 Å². The van der Waals surface area contributed by atoms with Gasteiger partial charge in [-0.2, -0.15) is 0 Å². The molecule has 0 N–H and O–H groups in total. The zero-order chi connectivity index (χ0) is 13.4. The molecule has 0 radical (unpaired) electrons. The summed E-state index contributed by atoms with van der Waals surface area (Å²) in [5, 5.41) is 0. The third kappa shape index (κ3) is 7.60. The van der Waals surface area contributed by atoms with Crippen LogP contribution in [0.5, 0.6) is 0 Å². The van der Waals surface area contributed by atoms with E-state index in [1.807, 2.05) is 33.0 Å². The highest BCUT2D eigenvalue weighted by Gasteiger charge is 2.16. The maximum atomic E-state index is 9.60. The molecule has 0 bridgehead atoms. The Morgan fingerprint density at radius 3 is 2.50 bits per heavy atom. The van der Waals surface area contributed by atoms with Gasteiger partial charge in [-0.15, -0.1) is 0 Å². The van der Waals surface area contributed by atoms with Crippen molar-refractivity contribution >= 4 is 12.5 Å². The number of aromatic nitrogens is 1. The lowest BCUT2D eigenvalue weighted by Gasteiger charge is -2.14. The molecule has 1 aromatic heterocycles. The van der Waals surface area contributed by atoms with Crippen LogP contribution in [0.15, 0.2) is 30.6 Å². The first-order valence-electron chi connectivity index (χ1n) is 6.21. The highest BCUT2D eigenvalue weighted by molar-refractivity contribution is 5.48. The van der Waals surface area contributed by atoms with Crippen LogP contribution in [0, 0.1) is 5.92 Å². The van der Waals surface area contributed by atoms with Crippen molar-refractivity contribution in [3.63, 3.8) is 0 Å². The number of hydrogen-bond donors (Lipinski definition) is 0. The number of carbonyl (C=O) groups excluding carboxylic acids is 1. The minimum atomic E-state index is -0.318. The minimum Gasteiger partial charge on any atom is -0.462 e. The lowest BCUT2D eigenvalue weighted by molar-refractivity contribution is -0.138. The first-order chi connectivity index (χ1) is 8.51. The van der Waals surface area contributed by atoms with Gasteiger partial charge in [-0.1, -0.05) is 18.2 Å². The minimum absolute atomic E-state index is 0.318. The van der Waals surface area contributed by atoms with Gasteiger partial charge in [0.15, 0.2) is 0 Å². The Kier molecular flexibility index (Phi) is 5.56. The molecular formula is C15H21NO2. The largest absolute Gasteiger partial charge is 0.462 e. The molecule has 0 atom stereocenters. The van der Waals surface area contributed by atoms with E-state index >= 15 is 0 Å². The van der Waals surface area contributed by atoms with Gasteiger partial charge in [0.2, 0.25) is 0 Å². The topological polar surface area (TPSA) is 39.2 Å². The number of ether oxygens (including phenoxy) is 1. The fraction of sp³-hybridized carbons (Fsp3) is 0.467. The summed E-state index contributed by atoms with van der Waals surface area (Å²) in [6.07, 6.45) is 10.9. The van der Waals surface area contributed by atoms with E-state index in [0.29, 0.717) is 6.47 Å². The lowest BCUT2D eigenvalue weighted by Crippen LogP contribution is -2.17. The second-order valence-electron chi connectivity index (χ2n) is 5.31. The van der Waals surface area contributed by atoms with E-state index in [0.717, 1.165) is 5.92 Å². The Labute approximate surface area is 109 Å². The van der Waals surface area contributed by atoms with Crippen LogP contribution in [0.1, 0.15) is 39.2 Å². The molecule has 1 fully saturated rings. The molecule has 1 heterocycles. The van der Waals surface area contributed by atoms with E-state index in [1.165, 1.54) is 18.4 Å². The van der Waals surface area contributed by atoms with E-state index in [4.69, 9.17) is 0 Å². The van der Waals surface area contributed by atoms with E-state index < -0.39 is 0 Å². The van der Waals surface area contributed by atoms with Crippen molar-refractivity contribution < 1.29 is 9.53 Å². The van der Waals surface area contributed by atoms with E-state index in [-0.39, 0.29) is 5.60 Å². The molecule has 98 valence electrons. The first-order valence-corrected chi connectivity index (χ1v) is 6.21. The van der Waals surface area contributed by atoms with Gasteiger partial charge in [0, 0.05) is 12.4 Å². The van der Waals surface area contributed by atoms with Crippen molar-refractivity contribution in [2.24, 2.45) is 5.92 Å². The summed E-state index contributed by atoms with van der Waals surface area (Å²) in [5.74, 6) is 0.857. The van der Waals surface area contributed by atoms with Crippen LogP contribution in [0.4, 0.5) is 0 Å². The third-order valence-electron chi connectivity index (χ3n) is 2.27. The molecule has 1 aliphatic rings. The van der Waals surface area contributed by atoms with Gasteiger partial charge in [-0.05, 0) is 51.2 Å². The maximum Gasteiger partial charge on any atom is 0.293 e. The molecule has 1 aromatic rings.